The van der Waals surface area contributed by atoms with Crippen molar-refractivity contribution in [1.29, 1.82) is 0 Å². The highest BCUT2D eigenvalue weighted by molar-refractivity contribution is 7.07. The molecule has 1 N–H and O–H groups in total. The molecular weight excluding hydrogens is 272 g/mol. The van der Waals surface area contributed by atoms with Crippen LogP contribution in [0.2, 0.25) is 0 Å². The van der Waals surface area contributed by atoms with Crippen LogP contribution in [0, 0.1) is 0 Å². The SMILES string of the molecule is CCC1(C)NC(c2ccsc2)N(C2CCCOC2)C1=O. The van der Waals surface area contributed by atoms with E-state index in [1.54, 1.807) is 11.3 Å². The Hall–Kier alpha value is -0.910. The summed E-state index contributed by atoms with van der Waals surface area (Å²) in [5.74, 6) is 0.215. The van der Waals surface area contributed by atoms with Crippen molar-refractivity contribution in [2.45, 2.75) is 50.9 Å². The van der Waals surface area contributed by atoms with Crippen molar-refractivity contribution in [2.75, 3.05) is 13.2 Å². The number of carbonyl (C=O) groups excluding carboxylic acids is 1. The van der Waals surface area contributed by atoms with Gasteiger partial charge in [0.1, 0.15) is 6.17 Å². The standard InChI is InChI=1S/C15H22N2O2S/c1-3-15(2)14(18)17(12-5-4-7-19-9-12)13(16-15)11-6-8-20-10-11/h6,8,10,12-13,16H,3-5,7,9H2,1-2H3. The molecule has 2 aliphatic heterocycles. The predicted molar refractivity (Wildman–Crippen MR) is 79.6 cm³/mol. The summed E-state index contributed by atoms with van der Waals surface area (Å²) in [6, 6.07) is 2.30. The molecule has 0 aliphatic carbocycles. The molecule has 1 aromatic heterocycles. The van der Waals surface area contributed by atoms with Crippen molar-refractivity contribution in [1.82, 2.24) is 10.2 Å². The lowest BCUT2D eigenvalue weighted by atomic mass is 9.98. The number of amides is 1. The molecule has 2 aliphatic rings. The van der Waals surface area contributed by atoms with Gasteiger partial charge < -0.3 is 9.64 Å². The van der Waals surface area contributed by atoms with Gasteiger partial charge in [-0.05, 0) is 48.6 Å². The normalized spacial score (nSPS) is 34.7. The van der Waals surface area contributed by atoms with Crippen LogP contribution in [0.5, 0.6) is 0 Å². The summed E-state index contributed by atoms with van der Waals surface area (Å²) >= 11 is 1.67. The van der Waals surface area contributed by atoms with Crippen LogP contribution in [0.4, 0.5) is 0 Å². The quantitative estimate of drug-likeness (QED) is 0.931. The van der Waals surface area contributed by atoms with Gasteiger partial charge in [0.2, 0.25) is 5.91 Å². The number of nitrogens with one attached hydrogen (secondary N) is 1. The summed E-state index contributed by atoms with van der Waals surface area (Å²) < 4.78 is 5.59. The van der Waals surface area contributed by atoms with Crippen LogP contribution in [0.1, 0.15) is 44.8 Å². The highest BCUT2D eigenvalue weighted by Gasteiger charge is 2.49. The number of carbonyl (C=O) groups is 1. The molecular formula is C15H22N2O2S. The molecule has 1 amide bonds. The van der Waals surface area contributed by atoms with Crippen molar-refractivity contribution in [3.8, 4) is 0 Å². The minimum atomic E-state index is -0.454. The largest absolute Gasteiger partial charge is 0.379 e. The second kappa shape index (κ2) is 5.47. The molecule has 0 bridgehead atoms. The molecule has 0 saturated carbocycles. The van der Waals surface area contributed by atoms with Gasteiger partial charge in [-0.2, -0.15) is 11.3 Å². The molecule has 3 unspecified atom stereocenters. The van der Waals surface area contributed by atoms with Gasteiger partial charge in [-0.3, -0.25) is 10.1 Å². The fraction of sp³-hybridized carbons (Fsp3) is 0.667. The topological polar surface area (TPSA) is 41.6 Å². The lowest BCUT2D eigenvalue weighted by Gasteiger charge is -2.35. The van der Waals surface area contributed by atoms with Gasteiger partial charge in [0.25, 0.3) is 0 Å². The van der Waals surface area contributed by atoms with Crippen LogP contribution in [0.3, 0.4) is 0 Å². The zero-order valence-electron chi connectivity index (χ0n) is 12.1. The Balaban J connectivity index is 1.91. The van der Waals surface area contributed by atoms with E-state index in [0.29, 0.717) is 6.61 Å². The van der Waals surface area contributed by atoms with E-state index in [9.17, 15) is 4.79 Å². The first-order valence-corrected chi connectivity index (χ1v) is 8.30. The lowest BCUT2D eigenvalue weighted by Crippen LogP contribution is -2.47. The Kier molecular flexibility index (Phi) is 3.84. The second-order valence-corrected chi connectivity index (χ2v) is 6.65. The average molecular weight is 294 g/mol. The number of thiophene rings is 1. The predicted octanol–water partition coefficient (Wildman–Crippen LogP) is 2.53. The van der Waals surface area contributed by atoms with E-state index in [-0.39, 0.29) is 18.1 Å². The average Bonchev–Trinajstić information content (AvgIpc) is 3.08. The number of nitrogens with zero attached hydrogens (tertiary/aromatic N) is 1. The van der Waals surface area contributed by atoms with Crippen LogP contribution in [-0.2, 0) is 9.53 Å². The second-order valence-electron chi connectivity index (χ2n) is 5.87. The van der Waals surface area contributed by atoms with E-state index in [0.717, 1.165) is 25.9 Å². The van der Waals surface area contributed by atoms with Crippen LogP contribution in [-0.4, -0.2) is 35.6 Å². The molecule has 110 valence electrons. The molecule has 2 saturated heterocycles. The van der Waals surface area contributed by atoms with E-state index < -0.39 is 5.54 Å². The fourth-order valence-corrected chi connectivity index (χ4v) is 3.76. The van der Waals surface area contributed by atoms with Gasteiger partial charge >= 0.3 is 0 Å². The molecule has 20 heavy (non-hydrogen) atoms. The Labute approximate surface area is 124 Å². The molecule has 0 spiro atoms. The highest BCUT2D eigenvalue weighted by Crippen LogP contribution is 2.36. The van der Waals surface area contributed by atoms with Crippen molar-refractivity contribution >= 4 is 17.2 Å². The first-order chi connectivity index (χ1) is 9.65. The van der Waals surface area contributed by atoms with Gasteiger partial charge in [0.05, 0.1) is 18.2 Å². The molecule has 2 fully saturated rings. The molecule has 3 heterocycles. The Morgan fingerprint density at radius 1 is 1.60 bits per heavy atom. The fourth-order valence-electron chi connectivity index (χ4n) is 3.08. The third-order valence-electron chi connectivity index (χ3n) is 4.54. The number of hydrogen-bond donors (Lipinski definition) is 1. The van der Waals surface area contributed by atoms with Gasteiger partial charge in [-0.15, -0.1) is 0 Å². The first-order valence-electron chi connectivity index (χ1n) is 7.36. The monoisotopic (exact) mass is 294 g/mol. The summed E-state index contributed by atoms with van der Waals surface area (Å²) in [6.45, 7) is 5.56. The van der Waals surface area contributed by atoms with E-state index in [1.807, 2.05) is 11.8 Å². The molecule has 1 aromatic rings. The van der Waals surface area contributed by atoms with Crippen LogP contribution < -0.4 is 5.32 Å². The number of rotatable bonds is 3. The van der Waals surface area contributed by atoms with Crippen molar-refractivity contribution in [3.63, 3.8) is 0 Å². The molecule has 3 atom stereocenters. The summed E-state index contributed by atoms with van der Waals surface area (Å²) in [4.78, 5) is 14.9. The number of hydrogen-bond acceptors (Lipinski definition) is 4. The Bertz CT molecular complexity index is 470. The van der Waals surface area contributed by atoms with Gasteiger partial charge in [0.15, 0.2) is 0 Å². The first kappa shape index (κ1) is 14.0. The van der Waals surface area contributed by atoms with Gasteiger partial charge in [-0.25, -0.2) is 0 Å². The maximum absolute atomic E-state index is 12.9. The highest BCUT2D eigenvalue weighted by atomic mass is 32.1. The summed E-state index contributed by atoms with van der Waals surface area (Å²) in [6.07, 6.45) is 2.86. The van der Waals surface area contributed by atoms with Crippen molar-refractivity contribution in [2.24, 2.45) is 0 Å². The summed E-state index contributed by atoms with van der Waals surface area (Å²) in [7, 11) is 0. The Morgan fingerprint density at radius 2 is 2.45 bits per heavy atom. The van der Waals surface area contributed by atoms with Crippen LogP contribution in [0.25, 0.3) is 0 Å². The van der Waals surface area contributed by atoms with E-state index in [1.165, 1.54) is 5.56 Å². The smallest absolute Gasteiger partial charge is 0.244 e. The molecule has 0 radical (unpaired) electrons. The molecule has 0 aromatic carbocycles. The zero-order valence-corrected chi connectivity index (χ0v) is 12.9. The minimum absolute atomic E-state index is 0.00889. The maximum atomic E-state index is 12.9. The number of ether oxygens (including phenoxy) is 1. The molecule has 3 rings (SSSR count). The summed E-state index contributed by atoms with van der Waals surface area (Å²) in [5, 5.41) is 7.74. The third-order valence-corrected chi connectivity index (χ3v) is 5.24. The zero-order chi connectivity index (χ0) is 14.2. The van der Waals surface area contributed by atoms with Crippen molar-refractivity contribution in [3.05, 3.63) is 22.4 Å². The maximum Gasteiger partial charge on any atom is 0.244 e. The summed E-state index contributed by atoms with van der Waals surface area (Å²) in [5.41, 5.74) is 0.732. The third kappa shape index (κ3) is 2.28. The van der Waals surface area contributed by atoms with E-state index >= 15 is 0 Å². The molecule has 4 nitrogen and oxygen atoms in total. The van der Waals surface area contributed by atoms with Crippen molar-refractivity contribution < 1.29 is 9.53 Å². The van der Waals surface area contributed by atoms with Crippen LogP contribution in [0.15, 0.2) is 16.8 Å². The van der Waals surface area contributed by atoms with E-state index in [4.69, 9.17) is 4.74 Å². The minimum Gasteiger partial charge on any atom is -0.379 e. The molecule has 5 heteroatoms. The van der Waals surface area contributed by atoms with Gasteiger partial charge in [-0.1, -0.05) is 6.92 Å². The van der Waals surface area contributed by atoms with E-state index in [2.05, 4.69) is 29.1 Å². The lowest BCUT2D eigenvalue weighted by molar-refractivity contribution is -0.138. The van der Waals surface area contributed by atoms with Crippen LogP contribution >= 0.6 is 11.3 Å². The Morgan fingerprint density at radius 3 is 3.05 bits per heavy atom. The van der Waals surface area contributed by atoms with Gasteiger partial charge in [0, 0.05) is 6.61 Å².